The maximum atomic E-state index is 11.8. The molecule has 0 radical (unpaired) electrons. The Morgan fingerprint density at radius 1 is 1.41 bits per heavy atom. The molecule has 1 amide bonds. The van der Waals surface area contributed by atoms with Gasteiger partial charge in [-0.1, -0.05) is 0 Å². The van der Waals surface area contributed by atoms with Crippen LogP contribution in [0.4, 0.5) is 0 Å². The standard InChI is InChI=1S/C12H15NO4/c1-7-6-9(17-3)4-5-10(7)11(14)13-8(2)12(15)16/h4-6,8H,1-3H3,(H,13,14)(H,15,16)/t8-/m0/s1. The molecule has 0 fully saturated rings. The average molecular weight is 237 g/mol. The third-order valence-electron chi connectivity index (χ3n) is 2.40. The zero-order chi connectivity index (χ0) is 13.0. The highest BCUT2D eigenvalue weighted by Crippen LogP contribution is 2.16. The Kier molecular flexibility index (Phi) is 4.09. The number of rotatable bonds is 4. The van der Waals surface area contributed by atoms with Crippen LogP contribution in [0.15, 0.2) is 18.2 Å². The second kappa shape index (κ2) is 5.34. The number of hydrogen-bond donors (Lipinski definition) is 2. The van der Waals surface area contributed by atoms with E-state index in [0.717, 1.165) is 5.56 Å². The molecule has 5 heteroatoms. The van der Waals surface area contributed by atoms with E-state index in [1.54, 1.807) is 32.2 Å². The molecule has 2 N–H and O–H groups in total. The van der Waals surface area contributed by atoms with Crippen molar-refractivity contribution in [3.63, 3.8) is 0 Å². The van der Waals surface area contributed by atoms with Crippen LogP contribution >= 0.6 is 0 Å². The number of carboxylic acid groups (broad SMARTS) is 1. The monoisotopic (exact) mass is 237 g/mol. The number of nitrogens with one attached hydrogen (secondary N) is 1. The van der Waals surface area contributed by atoms with E-state index in [9.17, 15) is 9.59 Å². The van der Waals surface area contributed by atoms with Crippen molar-refractivity contribution >= 4 is 11.9 Å². The summed E-state index contributed by atoms with van der Waals surface area (Å²) in [5.74, 6) is -0.810. The molecule has 0 bridgehead atoms. The molecule has 1 aromatic carbocycles. The van der Waals surface area contributed by atoms with Crippen LogP contribution in [0, 0.1) is 6.92 Å². The second-order valence-electron chi connectivity index (χ2n) is 3.71. The van der Waals surface area contributed by atoms with Gasteiger partial charge in [0.15, 0.2) is 0 Å². The highest BCUT2D eigenvalue weighted by molar-refractivity contribution is 5.97. The first-order valence-electron chi connectivity index (χ1n) is 5.14. The number of aryl methyl sites for hydroxylation is 1. The Morgan fingerprint density at radius 2 is 2.06 bits per heavy atom. The van der Waals surface area contributed by atoms with Crippen LogP contribution in [0.2, 0.25) is 0 Å². The Hall–Kier alpha value is -2.04. The summed E-state index contributed by atoms with van der Waals surface area (Å²) in [5.41, 5.74) is 1.18. The predicted octanol–water partition coefficient (Wildman–Crippen LogP) is 1.21. The molecule has 0 heterocycles. The summed E-state index contributed by atoms with van der Waals surface area (Å²) in [6, 6.07) is 4.08. The second-order valence-corrected chi connectivity index (χ2v) is 3.71. The van der Waals surface area contributed by atoms with Gasteiger partial charge in [-0.15, -0.1) is 0 Å². The molecule has 0 spiro atoms. The van der Waals surface area contributed by atoms with Crippen LogP contribution in [0.25, 0.3) is 0 Å². The lowest BCUT2D eigenvalue weighted by molar-refractivity contribution is -0.138. The van der Waals surface area contributed by atoms with E-state index in [2.05, 4.69) is 5.32 Å². The van der Waals surface area contributed by atoms with Gasteiger partial charge in [0.1, 0.15) is 11.8 Å². The van der Waals surface area contributed by atoms with E-state index in [-0.39, 0.29) is 0 Å². The zero-order valence-corrected chi connectivity index (χ0v) is 9.98. The Balaban J connectivity index is 2.86. The average Bonchev–Trinajstić information content (AvgIpc) is 2.28. The van der Waals surface area contributed by atoms with E-state index in [1.165, 1.54) is 6.92 Å². The minimum absolute atomic E-state index is 0.403. The lowest BCUT2D eigenvalue weighted by Crippen LogP contribution is -2.38. The molecule has 0 saturated carbocycles. The van der Waals surface area contributed by atoms with Gasteiger partial charge in [0, 0.05) is 5.56 Å². The number of aliphatic carboxylic acids is 1. The fourth-order valence-electron chi connectivity index (χ4n) is 1.35. The maximum Gasteiger partial charge on any atom is 0.325 e. The first-order valence-corrected chi connectivity index (χ1v) is 5.14. The van der Waals surface area contributed by atoms with Crippen molar-refractivity contribution in [3.8, 4) is 5.75 Å². The first-order chi connectivity index (χ1) is 7.95. The maximum absolute atomic E-state index is 11.8. The Morgan fingerprint density at radius 3 is 2.53 bits per heavy atom. The molecule has 0 aliphatic carbocycles. The third-order valence-corrected chi connectivity index (χ3v) is 2.40. The van der Waals surface area contributed by atoms with Crippen LogP contribution in [0.5, 0.6) is 5.75 Å². The zero-order valence-electron chi connectivity index (χ0n) is 9.98. The summed E-state index contributed by atoms with van der Waals surface area (Å²) in [6.07, 6.45) is 0. The molecule has 0 saturated heterocycles. The Bertz CT molecular complexity index is 442. The van der Waals surface area contributed by atoms with Gasteiger partial charge < -0.3 is 15.2 Å². The minimum atomic E-state index is -1.07. The van der Waals surface area contributed by atoms with E-state index < -0.39 is 17.9 Å². The molecule has 1 atom stereocenters. The molecule has 0 aliphatic rings. The molecule has 0 aromatic heterocycles. The largest absolute Gasteiger partial charge is 0.497 e. The van der Waals surface area contributed by atoms with Crippen molar-refractivity contribution in [2.45, 2.75) is 19.9 Å². The fraction of sp³-hybridized carbons (Fsp3) is 0.333. The number of carbonyl (C=O) groups excluding carboxylic acids is 1. The van der Waals surface area contributed by atoms with Gasteiger partial charge in [-0.25, -0.2) is 0 Å². The number of carbonyl (C=O) groups is 2. The third kappa shape index (κ3) is 3.21. The molecule has 1 rings (SSSR count). The van der Waals surface area contributed by atoms with Crippen LogP contribution < -0.4 is 10.1 Å². The minimum Gasteiger partial charge on any atom is -0.497 e. The Labute approximate surface area is 99.4 Å². The molecule has 0 aliphatic heterocycles. The summed E-state index contributed by atoms with van der Waals surface area (Å²) < 4.78 is 5.02. The van der Waals surface area contributed by atoms with Crippen LogP contribution in [0.1, 0.15) is 22.8 Å². The van der Waals surface area contributed by atoms with Gasteiger partial charge in [-0.2, -0.15) is 0 Å². The van der Waals surface area contributed by atoms with Crippen LogP contribution in [0.3, 0.4) is 0 Å². The van der Waals surface area contributed by atoms with Crippen molar-refractivity contribution in [1.82, 2.24) is 5.32 Å². The van der Waals surface area contributed by atoms with Gasteiger partial charge in [0.05, 0.1) is 7.11 Å². The molecule has 0 unspecified atom stereocenters. The quantitative estimate of drug-likeness (QED) is 0.825. The highest BCUT2D eigenvalue weighted by atomic mass is 16.5. The van der Waals surface area contributed by atoms with Gasteiger partial charge in [-0.3, -0.25) is 9.59 Å². The van der Waals surface area contributed by atoms with Crippen LogP contribution in [-0.4, -0.2) is 30.1 Å². The van der Waals surface area contributed by atoms with Crippen molar-refractivity contribution in [1.29, 1.82) is 0 Å². The molecular formula is C12H15NO4. The van der Waals surface area contributed by atoms with E-state index in [1.807, 2.05) is 0 Å². The van der Waals surface area contributed by atoms with Crippen molar-refractivity contribution in [2.24, 2.45) is 0 Å². The number of amides is 1. The summed E-state index contributed by atoms with van der Waals surface area (Å²) >= 11 is 0. The van der Waals surface area contributed by atoms with E-state index in [4.69, 9.17) is 9.84 Å². The number of hydrogen-bond acceptors (Lipinski definition) is 3. The lowest BCUT2D eigenvalue weighted by Gasteiger charge is -2.11. The predicted molar refractivity (Wildman–Crippen MR) is 62.3 cm³/mol. The lowest BCUT2D eigenvalue weighted by atomic mass is 10.1. The van der Waals surface area contributed by atoms with Gasteiger partial charge >= 0.3 is 5.97 Å². The number of carboxylic acids is 1. The summed E-state index contributed by atoms with van der Waals surface area (Å²) in [4.78, 5) is 22.4. The van der Waals surface area contributed by atoms with Gasteiger partial charge in [0.2, 0.25) is 0 Å². The van der Waals surface area contributed by atoms with Crippen LogP contribution in [-0.2, 0) is 4.79 Å². The van der Waals surface area contributed by atoms with Crippen molar-refractivity contribution < 1.29 is 19.4 Å². The number of methoxy groups -OCH3 is 1. The van der Waals surface area contributed by atoms with E-state index >= 15 is 0 Å². The fourth-order valence-corrected chi connectivity index (χ4v) is 1.35. The molecule has 5 nitrogen and oxygen atoms in total. The summed E-state index contributed by atoms with van der Waals surface area (Å²) in [6.45, 7) is 3.18. The highest BCUT2D eigenvalue weighted by Gasteiger charge is 2.16. The van der Waals surface area contributed by atoms with Crippen molar-refractivity contribution in [3.05, 3.63) is 29.3 Å². The van der Waals surface area contributed by atoms with Gasteiger partial charge in [0.25, 0.3) is 5.91 Å². The van der Waals surface area contributed by atoms with Gasteiger partial charge in [-0.05, 0) is 37.6 Å². The normalized spacial score (nSPS) is 11.7. The van der Waals surface area contributed by atoms with Crippen molar-refractivity contribution in [2.75, 3.05) is 7.11 Å². The number of ether oxygens (including phenoxy) is 1. The molecule has 17 heavy (non-hydrogen) atoms. The molecule has 1 aromatic rings. The smallest absolute Gasteiger partial charge is 0.325 e. The summed E-state index contributed by atoms with van der Waals surface area (Å²) in [7, 11) is 1.54. The SMILES string of the molecule is COc1ccc(C(=O)N[C@@H](C)C(=O)O)c(C)c1. The van der Waals surface area contributed by atoms with E-state index in [0.29, 0.717) is 11.3 Å². The molecular weight excluding hydrogens is 222 g/mol. The number of benzene rings is 1. The first kappa shape index (κ1) is 13.0. The summed E-state index contributed by atoms with van der Waals surface area (Å²) in [5, 5.41) is 11.1. The topological polar surface area (TPSA) is 75.6 Å². The molecule has 92 valence electrons.